The molecule has 2 aromatic heterocycles. The first-order valence-electron chi connectivity index (χ1n) is 9.23. The Labute approximate surface area is 163 Å². The molecule has 4 rings (SSSR count). The second-order valence-corrected chi connectivity index (χ2v) is 7.93. The lowest BCUT2D eigenvalue weighted by Crippen LogP contribution is -2.34. The number of benzene rings is 1. The number of hydrogen-bond acceptors (Lipinski definition) is 4. The lowest BCUT2D eigenvalue weighted by Gasteiger charge is -2.24. The Kier molecular flexibility index (Phi) is 5.30. The Morgan fingerprint density at radius 2 is 2.11 bits per heavy atom. The fraction of sp³-hybridized carbons (Fsp3) is 0.318. The number of methoxy groups -OCH3 is 1. The molecule has 2 unspecified atom stereocenters. The number of hydrogen-bond donors (Lipinski definition) is 0. The summed E-state index contributed by atoms with van der Waals surface area (Å²) in [6.07, 6.45) is 3.38. The smallest absolute Gasteiger partial charge is 0.230 e. The number of carbonyl (C=O) groups excluding carboxylic acids is 1. The molecule has 27 heavy (non-hydrogen) atoms. The molecule has 0 spiro atoms. The first-order valence-corrected chi connectivity index (χ1v) is 10.1. The molecule has 2 atom stereocenters. The van der Waals surface area contributed by atoms with Crippen molar-refractivity contribution in [3.8, 4) is 5.75 Å². The number of thiophene rings is 1. The zero-order chi connectivity index (χ0) is 18.6. The molecule has 4 nitrogen and oxygen atoms in total. The van der Waals surface area contributed by atoms with E-state index in [1.165, 1.54) is 4.88 Å². The van der Waals surface area contributed by atoms with E-state index < -0.39 is 0 Å². The van der Waals surface area contributed by atoms with E-state index >= 15 is 0 Å². The van der Waals surface area contributed by atoms with Crippen LogP contribution in [0, 0.1) is 0 Å². The van der Waals surface area contributed by atoms with Gasteiger partial charge in [-0.3, -0.25) is 4.79 Å². The van der Waals surface area contributed by atoms with Crippen molar-refractivity contribution < 1.29 is 13.9 Å². The van der Waals surface area contributed by atoms with Crippen molar-refractivity contribution in [3.05, 3.63) is 76.4 Å². The van der Waals surface area contributed by atoms with Gasteiger partial charge in [0.25, 0.3) is 0 Å². The maximum Gasteiger partial charge on any atom is 0.230 e. The van der Waals surface area contributed by atoms with Gasteiger partial charge in [0.15, 0.2) is 0 Å². The maximum atomic E-state index is 13.4. The highest BCUT2D eigenvalue weighted by atomic mass is 32.1. The molecule has 0 aliphatic carbocycles. The van der Waals surface area contributed by atoms with Gasteiger partial charge in [0.2, 0.25) is 5.91 Å². The molecule has 140 valence electrons. The van der Waals surface area contributed by atoms with Gasteiger partial charge in [-0.05, 0) is 54.1 Å². The van der Waals surface area contributed by atoms with E-state index in [1.54, 1.807) is 24.7 Å². The van der Waals surface area contributed by atoms with Gasteiger partial charge in [0, 0.05) is 23.9 Å². The van der Waals surface area contributed by atoms with Crippen LogP contribution in [0.5, 0.6) is 5.75 Å². The zero-order valence-electron chi connectivity index (χ0n) is 15.3. The summed E-state index contributed by atoms with van der Waals surface area (Å²) in [5, 5.41) is 2.06. The van der Waals surface area contributed by atoms with Gasteiger partial charge in [-0.1, -0.05) is 18.2 Å². The third kappa shape index (κ3) is 3.93. The van der Waals surface area contributed by atoms with E-state index in [4.69, 9.17) is 9.15 Å². The summed E-state index contributed by atoms with van der Waals surface area (Å²) in [5.41, 5.74) is 1.04. The molecule has 3 aromatic rings. The third-order valence-electron chi connectivity index (χ3n) is 5.25. The summed E-state index contributed by atoms with van der Waals surface area (Å²) in [5.74, 6) is 2.10. The average molecular weight is 381 g/mol. The average Bonchev–Trinajstić information content (AvgIpc) is 3.47. The van der Waals surface area contributed by atoms with Gasteiger partial charge in [-0.2, -0.15) is 0 Å². The van der Waals surface area contributed by atoms with Crippen LogP contribution in [0.2, 0.25) is 0 Å². The second-order valence-electron chi connectivity index (χ2n) is 6.89. The highest BCUT2D eigenvalue weighted by Gasteiger charge is 2.33. The molecule has 1 saturated heterocycles. The first-order chi connectivity index (χ1) is 13.2. The minimum atomic E-state index is -0.176. The van der Waals surface area contributed by atoms with E-state index in [1.807, 2.05) is 47.4 Å². The van der Waals surface area contributed by atoms with Crippen molar-refractivity contribution in [3.63, 3.8) is 0 Å². The molecule has 0 N–H and O–H groups in total. The van der Waals surface area contributed by atoms with Crippen molar-refractivity contribution in [2.75, 3.05) is 20.2 Å². The summed E-state index contributed by atoms with van der Waals surface area (Å²) in [7, 11) is 1.66. The molecule has 1 fully saturated rings. The van der Waals surface area contributed by atoms with Crippen LogP contribution in [0.25, 0.3) is 0 Å². The van der Waals surface area contributed by atoms with Crippen LogP contribution < -0.4 is 4.74 Å². The Bertz CT molecular complexity index is 856. The fourth-order valence-corrected chi connectivity index (χ4v) is 4.50. The molecular formula is C22H23NO3S. The van der Waals surface area contributed by atoms with Gasteiger partial charge < -0.3 is 14.1 Å². The van der Waals surface area contributed by atoms with E-state index in [9.17, 15) is 4.79 Å². The summed E-state index contributed by atoms with van der Waals surface area (Å²) >= 11 is 1.70. The van der Waals surface area contributed by atoms with E-state index in [-0.39, 0.29) is 11.8 Å². The standard InChI is InChI=1S/C22H23NO3S/c1-25-18-8-6-16(7-9-18)20(14-19-4-3-13-27-19)22(24)23-11-10-17(15-23)21-5-2-12-26-21/h2-9,12-13,17,20H,10-11,14-15H2,1H3. The quantitative estimate of drug-likeness (QED) is 0.622. The van der Waals surface area contributed by atoms with Gasteiger partial charge in [-0.15, -0.1) is 11.3 Å². The number of furan rings is 1. The third-order valence-corrected chi connectivity index (χ3v) is 6.15. The van der Waals surface area contributed by atoms with Crippen LogP contribution in [0.3, 0.4) is 0 Å². The number of ether oxygens (including phenoxy) is 1. The zero-order valence-corrected chi connectivity index (χ0v) is 16.2. The van der Waals surface area contributed by atoms with Gasteiger partial charge in [0.05, 0.1) is 19.3 Å². The molecule has 1 aliphatic heterocycles. The normalized spacial score (nSPS) is 17.8. The molecular weight excluding hydrogens is 358 g/mol. The van der Waals surface area contributed by atoms with Crippen molar-refractivity contribution in [1.29, 1.82) is 0 Å². The summed E-state index contributed by atoms with van der Waals surface area (Å²) in [6.45, 7) is 1.50. The second kappa shape index (κ2) is 8.01. The fourth-order valence-electron chi connectivity index (χ4n) is 3.75. The number of likely N-dealkylation sites (tertiary alicyclic amines) is 1. The molecule has 5 heteroatoms. The monoisotopic (exact) mass is 381 g/mol. The molecule has 0 radical (unpaired) electrons. The SMILES string of the molecule is COc1ccc(C(Cc2cccs2)C(=O)N2CCC(c3ccco3)C2)cc1. The number of rotatable bonds is 6. The molecule has 3 heterocycles. The first kappa shape index (κ1) is 17.9. The van der Waals surface area contributed by atoms with Gasteiger partial charge >= 0.3 is 0 Å². The summed E-state index contributed by atoms with van der Waals surface area (Å²) in [6, 6.07) is 15.9. The van der Waals surface area contributed by atoms with Crippen LogP contribution in [0.1, 0.15) is 34.5 Å². The predicted molar refractivity (Wildman–Crippen MR) is 106 cm³/mol. The molecule has 1 amide bonds. The predicted octanol–water partition coefficient (Wildman–Crippen LogP) is 4.69. The van der Waals surface area contributed by atoms with Crippen molar-refractivity contribution in [1.82, 2.24) is 4.90 Å². The number of amides is 1. The Balaban J connectivity index is 1.54. The highest BCUT2D eigenvalue weighted by molar-refractivity contribution is 7.09. The largest absolute Gasteiger partial charge is 0.497 e. The van der Waals surface area contributed by atoms with Crippen molar-refractivity contribution in [2.45, 2.75) is 24.7 Å². The topological polar surface area (TPSA) is 42.7 Å². The van der Waals surface area contributed by atoms with Crippen molar-refractivity contribution in [2.24, 2.45) is 0 Å². The number of nitrogens with zero attached hydrogens (tertiary/aromatic N) is 1. The lowest BCUT2D eigenvalue weighted by molar-refractivity contribution is -0.131. The van der Waals surface area contributed by atoms with E-state index in [2.05, 4.69) is 11.4 Å². The van der Waals surface area contributed by atoms with E-state index in [0.717, 1.165) is 43.0 Å². The molecule has 1 aromatic carbocycles. The maximum absolute atomic E-state index is 13.4. The van der Waals surface area contributed by atoms with Gasteiger partial charge in [0.1, 0.15) is 11.5 Å². The number of carbonyl (C=O) groups is 1. The van der Waals surface area contributed by atoms with E-state index in [0.29, 0.717) is 5.92 Å². The Morgan fingerprint density at radius 3 is 2.78 bits per heavy atom. The van der Waals surface area contributed by atoms with Crippen molar-refractivity contribution >= 4 is 17.2 Å². The van der Waals surface area contributed by atoms with Crippen LogP contribution in [0.15, 0.2) is 64.6 Å². The summed E-state index contributed by atoms with van der Waals surface area (Å²) in [4.78, 5) is 16.6. The molecule has 0 saturated carbocycles. The Morgan fingerprint density at radius 1 is 1.26 bits per heavy atom. The molecule has 0 bridgehead atoms. The molecule has 1 aliphatic rings. The highest BCUT2D eigenvalue weighted by Crippen LogP contribution is 2.32. The van der Waals surface area contributed by atoms with Crippen LogP contribution in [-0.2, 0) is 11.2 Å². The lowest BCUT2D eigenvalue weighted by atomic mass is 9.93. The minimum Gasteiger partial charge on any atom is -0.497 e. The van der Waals surface area contributed by atoms with Crippen LogP contribution in [-0.4, -0.2) is 31.0 Å². The minimum absolute atomic E-state index is 0.176. The van der Waals surface area contributed by atoms with Crippen LogP contribution >= 0.6 is 11.3 Å². The van der Waals surface area contributed by atoms with Gasteiger partial charge in [-0.25, -0.2) is 0 Å². The van der Waals surface area contributed by atoms with Crippen LogP contribution in [0.4, 0.5) is 0 Å². The summed E-state index contributed by atoms with van der Waals surface area (Å²) < 4.78 is 10.8. The Hall–Kier alpha value is -2.53.